The number of nitriles is 1. The van der Waals surface area contributed by atoms with E-state index in [9.17, 15) is 14.9 Å². The zero-order chi connectivity index (χ0) is 29.1. The van der Waals surface area contributed by atoms with Crippen molar-refractivity contribution in [2.75, 3.05) is 6.61 Å². The lowest BCUT2D eigenvalue weighted by molar-refractivity contribution is -0.141. The molecule has 3 aromatic carbocycles. The summed E-state index contributed by atoms with van der Waals surface area (Å²) in [4.78, 5) is 28.1. The first-order chi connectivity index (χ1) is 19.8. The summed E-state index contributed by atoms with van der Waals surface area (Å²) < 4.78 is 7.42. The second kappa shape index (κ2) is 11.7. The van der Waals surface area contributed by atoms with Gasteiger partial charge < -0.3 is 4.74 Å². The summed E-state index contributed by atoms with van der Waals surface area (Å²) in [6.45, 7) is 6.03. The van der Waals surface area contributed by atoms with Crippen LogP contribution >= 0.6 is 11.6 Å². The molecular formula is C33H27ClN4O3. The molecule has 2 heterocycles. The van der Waals surface area contributed by atoms with E-state index in [0.29, 0.717) is 34.0 Å². The Labute approximate surface area is 243 Å². The van der Waals surface area contributed by atoms with Crippen molar-refractivity contribution in [2.45, 2.75) is 27.3 Å². The Balaban J connectivity index is 1.66. The molecular weight excluding hydrogens is 536 g/mol. The van der Waals surface area contributed by atoms with Crippen LogP contribution in [-0.4, -0.2) is 33.1 Å². The van der Waals surface area contributed by atoms with E-state index in [1.165, 1.54) is 0 Å². The van der Waals surface area contributed by atoms with Crippen molar-refractivity contribution < 1.29 is 14.3 Å². The fraction of sp³-hybridized carbons (Fsp3) is 0.152. The number of ether oxygens (including phenoxy) is 1. The van der Waals surface area contributed by atoms with Crippen LogP contribution in [0.2, 0.25) is 5.02 Å². The molecule has 0 saturated carbocycles. The molecule has 0 aliphatic carbocycles. The molecule has 0 N–H and O–H groups in total. The number of aromatic nitrogens is 2. The van der Waals surface area contributed by atoms with Gasteiger partial charge in [-0.1, -0.05) is 48.0 Å². The first-order valence-electron chi connectivity index (χ1n) is 13.1. The first kappa shape index (κ1) is 27.6. The summed E-state index contributed by atoms with van der Waals surface area (Å²) in [7, 11) is 0. The minimum atomic E-state index is -0.644. The highest BCUT2D eigenvalue weighted by atomic mass is 35.5. The fourth-order valence-electron chi connectivity index (χ4n) is 4.80. The van der Waals surface area contributed by atoms with E-state index >= 15 is 0 Å². The highest BCUT2D eigenvalue weighted by Gasteiger charge is 2.36. The number of para-hydroxylation sites is 1. The standard InChI is InChI=1S/C33H27ClN4O3/c1-4-41-26-14-15-27(21(2)16-26)31-24(20-38(36-31)25-11-6-5-7-12-25)17-28-22(3)29(18-35)33(40)37(32(28)39)19-23-10-8-9-13-30(23)34/h5-17,20H,4,19H2,1-3H3/b28-17+. The molecule has 0 radical (unpaired) electrons. The van der Waals surface area contributed by atoms with E-state index in [1.807, 2.05) is 74.6 Å². The number of carbonyl (C=O) groups is 2. The third kappa shape index (κ3) is 5.43. The van der Waals surface area contributed by atoms with E-state index in [0.717, 1.165) is 27.5 Å². The summed E-state index contributed by atoms with van der Waals surface area (Å²) in [5, 5.41) is 15.2. The monoisotopic (exact) mass is 562 g/mol. The normalized spacial score (nSPS) is 14.5. The van der Waals surface area contributed by atoms with Gasteiger partial charge in [0.25, 0.3) is 11.8 Å². The molecule has 5 rings (SSSR count). The van der Waals surface area contributed by atoms with Crippen molar-refractivity contribution in [1.82, 2.24) is 14.7 Å². The molecule has 8 heteroatoms. The average molecular weight is 563 g/mol. The summed E-state index contributed by atoms with van der Waals surface area (Å²) in [6, 6.07) is 24.4. The Kier molecular flexibility index (Phi) is 7.86. The lowest BCUT2D eigenvalue weighted by atomic mass is 9.92. The molecule has 1 aliphatic heterocycles. The lowest BCUT2D eigenvalue weighted by Gasteiger charge is -2.27. The van der Waals surface area contributed by atoms with Gasteiger partial charge in [-0.15, -0.1) is 0 Å². The van der Waals surface area contributed by atoms with Gasteiger partial charge >= 0.3 is 0 Å². The Morgan fingerprint density at radius 2 is 1.73 bits per heavy atom. The molecule has 0 saturated heterocycles. The van der Waals surface area contributed by atoms with Crippen LogP contribution < -0.4 is 4.74 Å². The van der Waals surface area contributed by atoms with Crippen LogP contribution in [-0.2, 0) is 16.1 Å². The highest BCUT2D eigenvalue weighted by Crippen LogP contribution is 2.34. The molecule has 41 heavy (non-hydrogen) atoms. The van der Waals surface area contributed by atoms with Gasteiger partial charge in [0.1, 0.15) is 23.1 Å². The van der Waals surface area contributed by atoms with Gasteiger partial charge in [-0.25, -0.2) is 4.68 Å². The van der Waals surface area contributed by atoms with Crippen molar-refractivity contribution in [1.29, 1.82) is 5.26 Å². The Morgan fingerprint density at radius 1 is 1.00 bits per heavy atom. The molecule has 204 valence electrons. The Bertz CT molecular complexity index is 1760. The van der Waals surface area contributed by atoms with Gasteiger partial charge in [0, 0.05) is 27.9 Å². The molecule has 1 aliphatic rings. The van der Waals surface area contributed by atoms with Crippen LogP contribution in [0, 0.1) is 18.3 Å². The van der Waals surface area contributed by atoms with Gasteiger partial charge in [-0.2, -0.15) is 10.4 Å². The molecule has 2 amide bonds. The van der Waals surface area contributed by atoms with E-state index < -0.39 is 11.8 Å². The van der Waals surface area contributed by atoms with Crippen LogP contribution in [0.15, 0.2) is 95.7 Å². The number of hydrogen-bond donors (Lipinski definition) is 0. The predicted molar refractivity (Wildman–Crippen MR) is 158 cm³/mol. The number of aryl methyl sites for hydroxylation is 1. The zero-order valence-corrected chi connectivity index (χ0v) is 23.6. The van der Waals surface area contributed by atoms with Crippen LogP contribution in [0.3, 0.4) is 0 Å². The number of rotatable bonds is 7. The molecule has 0 fully saturated rings. The van der Waals surface area contributed by atoms with Gasteiger partial charge in [0.2, 0.25) is 0 Å². The van der Waals surface area contributed by atoms with Crippen molar-refractivity contribution >= 4 is 29.5 Å². The average Bonchev–Trinajstić information content (AvgIpc) is 3.39. The first-order valence-corrected chi connectivity index (χ1v) is 13.5. The third-order valence-electron chi connectivity index (χ3n) is 6.94. The minimum absolute atomic E-state index is 0.0543. The maximum Gasteiger partial charge on any atom is 0.271 e. The maximum absolute atomic E-state index is 13.8. The highest BCUT2D eigenvalue weighted by molar-refractivity contribution is 6.31. The second-order valence-electron chi connectivity index (χ2n) is 9.58. The van der Waals surface area contributed by atoms with Crippen molar-refractivity contribution in [3.63, 3.8) is 0 Å². The van der Waals surface area contributed by atoms with E-state index in [1.54, 1.807) is 41.9 Å². The number of amides is 2. The zero-order valence-electron chi connectivity index (χ0n) is 22.9. The van der Waals surface area contributed by atoms with Crippen molar-refractivity contribution in [3.8, 4) is 28.8 Å². The molecule has 1 aromatic heterocycles. The fourth-order valence-corrected chi connectivity index (χ4v) is 4.99. The second-order valence-corrected chi connectivity index (χ2v) is 9.99. The van der Waals surface area contributed by atoms with Crippen molar-refractivity contribution in [3.05, 3.63) is 117 Å². The van der Waals surface area contributed by atoms with Crippen LogP contribution in [0.1, 0.15) is 30.5 Å². The largest absolute Gasteiger partial charge is 0.494 e. The molecule has 0 atom stereocenters. The van der Waals surface area contributed by atoms with Crippen LogP contribution in [0.5, 0.6) is 5.75 Å². The van der Waals surface area contributed by atoms with E-state index in [2.05, 4.69) is 0 Å². The van der Waals surface area contributed by atoms with Crippen LogP contribution in [0.25, 0.3) is 23.0 Å². The summed E-state index contributed by atoms with van der Waals surface area (Å²) in [6.07, 6.45) is 3.55. The smallest absolute Gasteiger partial charge is 0.271 e. The third-order valence-corrected chi connectivity index (χ3v) is 7.31. The number of imide groups is 1. The Morgan fingerprint density at radius 3 is 2.41 bits per heavy atom. The molecule has 0 spiro atoms. The predicted octanol–water partition coefficient (Wildman–Crippen LogP) is 6.69. The molecule has 7 nitrogen and oxygen atoms in total. The van der Waals surface area contributed by atoms with Gasteiger partial charge in [0.05, 0.1) is 18.8 Å². The lowest BCUT2D eigenvalue weighted by Crippen LogP contribution is -2.42. The van der Waals surface area contributed by atoms with Gasteiger partial charge in [0.15, 0.2) is 0 Å². The maximum atomic E-state index is 13.8. The number of benzene rings is 3. The molecule has 0 bridgehead atoms. The van der Waals surface area contributed by atoms with E-state index in [4.69, 9.17) is 21.4 Å². The van der Waals surface area contributed by atoms with Gasteiger partial charge in [-0.05, 0) is 79.9 Å². The summed E-state index contributed by atoms with van der Waals surface area (Å²) >= 11 is 6.34. The quantitative estimate of drug-likeness (QED) is 0.185. The van der Waals surface area contributed by atoms with Crippen LogP contribution in [0.4, 0.5) is 0 Å². The number of carbonyl (C=O) groups excluding carboxylic acids is 2. The van der Waals surface area contributed by atoms with Crippen molar-refractivity contribution in [2.24, 2.45) is 0 Å². The SMILES string of the molecule is CCOc1ccc(-c2nn(-c3ccccc3)cc2/C=C2/C(=O)N(Cc3ccccc3Cl)C(=O)C(C#N)=C2C)c(C)c1. The van der Waals surface area contributed by atoms with E-state index in [-0.39, 0.29) is 17.7 Å². The molecule has 4 aromatic rings. The topological polar surface area (TPSA) is 88.2 Å². The minimum Gasteiger partial charge on any atom is -0.494 e. The molecule has 0 unspecified atom stereocenters. The number of halogens is 1. The number of nitrogens with zero attached hydrogens (tertiary/aromatic N) is 4. The Hall–Kier alpha value is -4.93. The van der Waals surface area contributed by atoms with Gasteiger partial charge in [-0.3, -0.25) is 14.5 Å². The summed E-state index contributed by atoms with van der Waals surface area (Å²) in [5.41, 5.74) is 5.05. The summed E-state index contributed by atoms with van der Waals surface area (Å²) in [5.74, 6) is -0.396. The number of hydrogen-bond acceptors (Lipinski definition) is 5.